The van der Waals surface area contributed by atoms with Crippen molar-refractivity contribution in [1.29, 1.82) is 0 Å². The number of nitrogens with zero attached hydrogens (tertiary/aromatic N) is 1. The zero-order valence-corrected chi connectivity index (χ0v) is 20.1. The van der Waals surface area contributed by atoms with Crippen molar-refractivity contribution in [2.24, 2.45) is 0 Å². The smallest absolute Gasteiger partial charge is 0.232 e. The third-order valence-corrected chi connectivity index (χ3v) is 6.76. The Bertz CT molecular complexity index is 1290. The van der Waals surface area contributed by atoms with E-state index < -0.39 is 0 Å². The van der Waals surface area contributed by atoms with Crippen molar-refractivity contribution in [3.63, 3.8) is 0 Å². The quantitative estimate of drug-likeness (QED) is 0.439. The molecule has 1 unspecified atom stereocenters. The predicted octanol–water partition coefficient (Wildman–Crippen LogP) is 6.11. The highest BCUT2D eigenvalue weighted by atomic mass is 16.5. The molecule has 0 fully saturated rings. The van der Waals surface area contributed by atoms with Gasteiger partial charge in [-0.25, -0.2) is 0 Å². The lowest BCUT2D eigenvalue weighted by atomic mass is 9.77. The van der Waals surface area contributed by atoms with Crippen molar-refractivity contribution in [2.45, 2.75) is 45.1 Å². The van der Waals surface area contributed by atoms with E-state index in [1.807, 2.05) is 60.7 Å². The van der Waals surface area contributed by atoms with E-state index in [-0.39, 0.29) is 24.0 Å². The Kier molecular flexibility index (Phi) is 6.41. The van der Waals surface area contributed by atoms with E-state index >= 15 is 0 Å². The van der Waals surface area contributed by atoms with Crippen LogP contribution >= 0.6 is 0 Å². The van der Waals surface area contributed by atoms with Crippen molar-refractivity contribution in [3.05, 3.63) is 101 Å². The van der Waals surface area contributed by atoms with Gasteiger partial charge in [0.1, 0.15) is 6.61 Å². The monoisotopic (exact) mass is 467 g/mol. The van der Waals surface area contributed by atoms with Gasteiger partial charge in [0, 0.05) is 35.7 Å². The van der Waals surface area contributed by atoms with Crippen molar-refractivity contribution in [1.82, 2.24) is 0 Å². The lowest BCUT2D eigenvalue weighted by molar-refractivity contribution is -0.119. The number of allylic oxidation sites excluding steroid dienone is 2. The van der Waals surface area contributed by atoms with Gasteiger partial charge < -0.3 is 9.47 Å². The summed E-state index contributed by atoms with van der Waals surface area (Å²) in [5.74, 6) is 1.08. The number of Topliss-reactive ketones (excluding diaryl/α,β-unsaturated/α-hetero) is 1. The van der Waals surface area contributed by atoms with Gasteiger partial charge in [-0.05, 0) is 55.2 Å². The first kappa shape index (κ1) is 22.9. The molecule has 0 spiro atoms. The number of hydrogen-bond acceptors (Lipinski definition) is 4. The van der Waals surface area contributed by atoms with Crippen LogP contribution in [0.25, 0.3) is 0 Å². The number of hydrogen-bond donors (Lipinski definition) is 0. The third kappa shape index (κ3) is 4.59. The van der Waals surface area contributed by atoms with Crippen LogP contribution in [0.1, 0.15) is 48.3 Å². The molecule has 1 amide bonds. The van der Waals surface area contributed by atoms with Gasteiger partial charge in [0.15, 0.2) is 17.3 Å². The highest BCUT2D eigenvalue weighted by Crippen LogP contribution is 2.44. The summed E-state index contributed by atoms with van der Waals surface area (Å²) in [4.78, 5) is 28.3. The zero-order valence-electron chi connectivity index (χ0n) is 20.1. The molecule has 178 valence electrons. The molecule has 2 aliphatic rings. The Morgan fingerprint density at radius 1 is 0.914 bits per heavy atom. The average molecular weight is 468 g/mol. The Hall–Kier alpha value is -3.86. The zero-order chi connectivity index (χ0) is 24.4. The molecule has 5 rings (SSSR count). The molecule has 1 aliphatic heterocycles. The molecule has 0 radical (unpaired) electrons. The molecule has 0 aromatic heterocycles. The summed E-state index contributed by atoms with van der Waals surface area (Å²) in [6, 6.07) is 23.5. The summed E-state index contributed by atoms with van der Waals surface area (Å²) in [5, 5.41) is 0. The standard InChI is InChI=1S/C30H29NO4/c1-20-8-6-9-21(16-20)19-35-27-15-14-22(17-28(27)34-2)24-18-29(33)31(23-10-4-3-5-11-23)25-12-7-13-26(32)30(24)25/h3-6,8-11,14-17,24H,7,12-13,18-19H2,1-2H3. The molecule has 5 heteroatoms. The van der Waals surface area contributed by atoms with Gasteiger partial charge in [0.2, 0.25) is 5.91 Å². The normalized spacial score (nSPS) is 17.9. The SMILES string of the molecule is COc1cc(C2CC(=O)N(c3ccccc3)C3=C2C(=O)CCC3)ccc1OCc1cccc(C)c1. The lowest BCUT2D eigenvalue weighted by Gasteiger charge is -2.38. The topological polar surface area (TPSA) is 55.8 Å². The Balaban J connectivity index is 1.48. The van der Waals surface area contributed by atoms with Crippen LogP contribution in [0.2, 0.25) is 0 Å². The molecule has 0 saturated carbocycles. The number of rotatable bonds is 6. The molecular weight excluding hydrogens is 438 g/mol. The minimum atomic E-state index is -0.287. The molecule has 0 saturated heterocycles. The van der Waals surface area contributed by atoms with E-state index in [0.717, 1.165) is 34.5 Å². The Labute approximate surface area is 206 Å². The van der Waals surface area contributed by atoms with Gasteiger partial charge in [-0.2, -0.15) is 0 Å². The van der Waals surface area contributed by atoms with E-state index in [1.54, 1.807) is 12.0 Å². The first-order chi connectivity index (χ1) is 17.0. The summed E-state index contributed by atoms with van der Waals surface area (Å²) in [7, 11) is 1.61. The first-order valence-electron chi connectivity index (χ1n) is 12.1. The third-order valence-electron chi connectivity index (χ3n) is 6.76. The number of amides is 1. The highest BCUT2D eigenvalue weighted by molar-refractivity contribution is 6.07. The van der Waals surface area contributed by atoms with Gasteiger partial charge in [0.05, 0.1) is 7.11 Å². The van der Waals surface area contributed by atoms with Crippen LogP contribution in [-0.4, -0.2) is 18.8 Å². The second-order valence-corrected chi connectivity index (χ2v) is 9.15. The first-order valence-corrected chi connectivity index (χ1v) is 12.1. The van der Waals surface area contributed by atoms with Crippen LogP contribution in [0, 0.1) is 6.92 Å². The van der Waals surface area contributed by atoms with Crippen LogP contribution in [0.15, 0.2) is 84.1 Å². The maximum absolute atomic E-state index is 13.4. The fourth-order valence-corrected chi connectivity index (χ4v) is 5.14. The number of aryl methyl sites for hydroxylation is 1. The molecule has 1 atom stereocenters. The van der Waals surface area contributed by atoms with Gasteiger partial charge in [-0.15, -0.1) is 0 Å². The number of ether oxygens (including phenoxy) is 2. The number of methoxy groups -OCH3 is 1. The number of anilines is 1. The number of carbonyl (C=O) groups excluding carboxylic acids is 2. The number of carbonyl (C=O) groups is 2. The van der Waals surface area contributed by atoms with Crippen molar-refractivity contribution in [2.75, 3.05) is 12.0 Å². The molecule has 1 aliphatic carbocycles. The van der Waals surface area contributed by atoms with Crippen LogP contribution in [0.5, 0.6) is 11.5 Å². The van der Waals surface area contributed by atoms with Crippen LogP contribution in [0.3, 0.4) is 0 Å². The van der Waals surface area contributed by atoms with E-state index in [0.29, 0.717) is 30.9 Å². The minimum absolute atomic E-state index is 0.00777. The van der Waals surface area contributed by atoms with Crippen LogP contribution < -0.4 is 14.4 Å². The van der Waals surface area contributed by atoms with E-state index in [4.69, 9.17) is 9.47 Å². The van der Waals surface area contributed by atoms with E-state index in [9.17, 15) is 9.59 Å². The van der Waals surface area contributed by atoms with Gasteiger partial charge >= 0.3 is 0 Å². The highest BCUT2D eigenvalue weighted by Gasteiger charge is 2.39. The molecule has 3 aromatic carbocycles. The van der Waals surface area contributed by atoms with Crippen molar-refractivity contribution >= 4 is 17.4 Å². The van der Waals surface area contributed by atoms with Crippen molar-refractivity contribution < 1.29 is 19.1 Å². The molecule has 0 bridgehead atoms. The number of para-hydroxylation sites is 1. The number of benzene rings is 3. The Morgan fingerprint density at radius 2 is 1.74 bits per heavy atom. The van der Waals surface area contributed by atoms with Gasteiger partial charge in [-0.3, -0.25) is 14.5 Å². The summed E-state index contributed by atoms with van der Waals surface area (Å²) in [5.41, 5.74) is 5.57. The average Bonchev–Trinajstić information content (AvgIpc) is 2.87. The Morgan fingerprint density at radius 3 is 2.51 bits per heavy atom. The summed E-state index contributed by atoms with van der Waals surface area (Å²) in [6.45, 7) is 2.48. The van der Waals surface area contributed by atoms with Crippen molar-refractivity contribution in [3.8, 4) is 11.5 Å². The van der Waals surface area contributed by atoms with Crippen LogP contribution in [0.4, 0.5) is 5.69 Å². The largest absolute Gasteiger partial charge is 0.493 e. The number of ketones is 1. The van der Waals surface area contributed by atoms with E-state index in [1.165, 1.54) is 5.56 Å². The summed E-state index contributed by atoms with van der Waals surface area (Å²) >= 11 is 0. The molecule has 5 nitrogen and oxygen atoms in total. The second kappa shape index (κ2) is 9.79. The molecule has 35 heavy (non-hydrogen) atoms. The molecule has 0 N–H and O–H groups in total. The second-order valence-electron chi connectivity index (χ2n) is 9.15. The maximum atomic E-state index is 13.4. The lowest BCUT2D eigenvalue weighted by Crippen LogP contribution is -2.40. The summed E-state index contributed by atoms with van der Waals surface area (Å²) < 4.78 is 11.7. The fraction of sp³-hybridized carbons (Fsp3) is 0.267. The van der Waals surface area contributed by atoms with E-state index in [2.05, 4.69) is 19.1 Å². The molecule has 1 heterocycles. The van der Waals surface area contributed by atoms with Gasteiger partial charge in [0.25, 0.3) is 0 Å². The minimum Gasteiger partial charge on any atom is -0.493 e. The predicted molar refractivity (Wildman–Crippen MR) is 136 cm³/mol. The fourth-order valence-electron chi connectivity index (χ4n) is 5.14. The maximum Gasteiger partial charge on any atom is 0.232 e. The van der Waals surface area contributed by atoms with Gasteiger partial charge in [-0.1, -0.05) is 54.1 Å². The summed E-state index contributed by atoms with van der Waals surface area (Å²) in [6.07, 6.45) is 2.23. The molecular formula is C30H29NO4. The van der Waals surface area contributed by atoms with Crippen LogP contribution in [-0.2, 0) is 16.2 Å². The molecule has 3 aromatic rings.